The molecule has 1 aromatic rings. The van der Waals surface area contributed by atoms with E-state index in [1.54, 1.807) is 0 Å². The number of non-ortho nitro benzene ring substituents is 1. The number of carbonyl (C=O) groups excluding carboxylic acids is 1. The van der Waals surface area contributed by atoms with Crippen LogP contribution in [0.15, 0.2) is 24.3 Å². The second kappa shape index (κ2) is 11.1. The number of ether oxygens (including phenoxy) is 4. The van der Waals surface area contributed by atoms with Gasteiger partial charge in [0, 0.05) is 25.5 Å². The largest absolute Gasteiger partial charge is 0.460 e. The summed E-state index contributed by atoms with van der Waals surface area (Å²) in [7, 11) is 0. The molecule has 15 nitrogen and oxygen atoms in total. The topological polar surface area (TPSA) is 231 Å². The number of nitro benzene ring substituents is 1. The maximum Gasteiger partial charge on any atom is 0.269 e. The molecule has 196 valence electrons. The quantitative estimate of drug-likeness (QED) is 0.107. The number of benzene rings is 1. The molecule has 9 atom stereocenters. The summed E-state index contributed by atoms with van der Waals surface area (Å²) in [6.45, 7) is -0.375. The fraction of sp³-hybridized carbons (Fsp3) is 0.650. The van der Waals surface area contributed by atoms with E-state index in [2.05, 4.69) is 5.32 Å². The zero-order chi connectivity index (χ0) is 25.9. The van der Waals surface area contributed by atoms with Crippen LogP contribution in [-0.2, 0) is 19.0 Å². The number of rotatable bonds is 8. The van der Waals surface area contributed by atoms with Gasteiger partial charge in [-0.3, -0.25) is 14.9 Å². The second-order valence-electron chi connectivity index (χ2n) is 8.19. The Labute approximate surface area is 198 Å². The monoisotopic (exact) mass is 504 g/mol. The summed E-state index contributed by atoms with van der Waals surface area (Å²) in [6, 6.07) is 4.66. The maximum atomic E-state index is 11.9. The van der Waals surface area contributed by atoms with Crippen LogP contribution in [0.5, 0.6) is 5.75 Å². The maximum absolute atomic E-state index is 11.9. The van der Waals surface area contributed by atoms with E-state index in [0.29, 0.717) is 0 Å². The van der Waals surface area contributed by atoms with E-state index in [1.807, 2.05) is 0 Å². The van der Waals surface area contributed by atoms with Crippen molar-refractivity contribution in [3.63, 3.8) is 0 Å². The van der Waals surface area contributed by atoms with Crippen molar-refractivity contribution in [1.29, 1.82) is 0 Å². The third-order valence-corrected chi connectivity index (χ3v) is 5.64. The summed E-state index contributed by atoms with van der Waals surface area (Å²) in [5.74, 6) is -0.811. The highest BCUT2D eigenvalue weighted by Gasteiger charge is 2.59. The van der Waals surface area contributed by atoms with Crippen molar-refractivity contribution in [2.24, 2.45) is 0 Å². The minimum Gasteiger partial charge on any atom is -0.460 e. The molecule has 0 aromatic heterocycles. The molecule has 2 saturated heterocycles. The van der Waals surface area contributed by atoms with Gasteiger partial charge in [-0.05, 0) is 12.1 Å². The predicted molar refractivity (Wildman–Crippen MR) is 111 cm³/mol. The van der Waals surface area contributed by atoms with Gasteiger partial charge in [-0.25, -0.2) is 0 Å². The number of aliphatic hydroxyl groups is 6. The Morgan fingerprint density at radius 3 is 2.29 bits per heavy atom. The lowest BCUT2D eigenvalue weighted by Crippen LogP contribution is -2.75. The number of nitrogens with one attached hydrogen (secondary N) is 1. The van der Waals surface area contributed by atoms with Crippen LogP contribution in [0.4, 0.5) is 5.69 Å². The third kappa shape index (κ3) is 5.85. The van der Waals surface area contributed by atoms with Crippen molar-refractivity contribution >= 4 is 11.6 Å². The van der Waals surface area contributed by atoms with Crippen LogP contribution >= 0.6 is 0 Å². The van der Waals surface area contributed by atoms with Gasteiger partial charge in [0.15, 0.2) is 6.29 Å². The number of amides is 1. The average molecular weight is 504 g/mol. The fourth-order valence-corrected chi connectivity index (χ4v) is 3.88. The number of carbonyl (C=O) groups is 1. The summed E-state index contributed by atoms with van der Waals surface area (Å²) < 4.78 is 22.2. The zero-order valence-electron chi connectivity index (χ0n) is 18.5. The van der Waals surface area contributed by atoms with Gasteiger partial charge in [-0.1, -0.05) is 0 Å². The SMILES string of the molecule is CC(=O)N[C@]1(O)[C@H](Oc2ccc([N+](=O)[O-])cc2)O[C@H](CO)[C@@H](O)[C@@H]1OC1C[C@@H](O)[C@@H](O)[C@@H](CO)O1. The minimum atomic E-state index is -2.60. The van der Waals surface area contributed by atoms with Crippen molar-refractivity contribution in [2.45, 2.75) is 68.3 Å². The van der Waals surface area contributed by atoms with Gasteiger partial charge in [-0.15, -0.1) is 0 Å². The first-order chi connectivity index (χ1) is 16.5. The van der Waals surface area contributed by atoms with E-state index in [0.717, 1.165) is 19.1 Å². The molecule has 2 heterocycles. The summed E-state index contributed by atoms with van der Waals surface area (Å²) in [5, 5.41) is 74.4. The molecule has 1 amide bonds. The molecule has 0 saturated carbocycles. The van der Waals surface area contributed by atoms with Crippen LogP contribution in [-0.4, -0.2) is 110 Å². The summed E-state index contributed by atoms with van der Waals surface area (Å²) in [6.07, 6.45) is -12.4. The average Bonchev–Trinajstić information content (AvgIpc) is 2.80. The number of hydrogen-bond acceptors (Lipinski definition) is 13. The summed E-state index contributed by atoms with van der Waals surface area (Å²) >= 11 is 0. The molecule has 15 heteroatoms. The summed E-state index contributed by atoms with van der Waals surface area (Å²) in [5.41, 5.74) is -2.84. The highest BCUT2D eigenvalue weighted by molar-refractivity contribution is 5.73. The fourth-order valence-electron chi connectivity index (χ4n) is 3.88. The lowest BCUT2D eigenvalue weighted by Gasteiger charge is -2.50. The molecule has 2 aliphatic rings. The normalized spacial score (nSPS) is 37.5. The van der Waals surface area contributed by atoms with Crippen LogP contribution in [0.25, 0.3) is 0 Å². The molecule has 0 radical (unpaired) electrons. The first kappa shape index (κ1) is 27.1. The molecule has 1 aromatic carbocycles. The van der Waals surface area contributed by atoms with Crippen molar-refractivity contribution in [3.8, 4) is 5.75 Å². The third-order valence-electron chi connectivity index (χ3n) is 5.64. The molecular formula is C20H28N2O13. The zero-order valence-corrected chi connectivity index (χ0v) is 18.5. The molecule has 0 spiro atoms. The van der Waals surface area contributed by atoms with E-state index in [1.165, 1.54) is 12.1 Å². The van der Waals surface area contributed by atoms with Gasteiger partial charge >= 0.3 is 0 Å². The van der Waals surface area contributed by atoms with E-state index in [-0.39, 0.29) is 17.9 Å². The van der Waals surface area contributed by atoms with Crippen LogP contribution in [0.2, 0.25) is 0 Å². The van der Waals surface area contributed by atoms with Gasteiger partial charge in [-0.2, -0.15) is 0 Å². The number of aliphatic hydroxyl groups excluding tert-OH is 5. The van der Waals surface area contributed by atoms with E-state index >= 15 is 0 Å². The van der Waals surface area contributed by atoms with Gasteiger partial charge in [0.1, 0.15) is 36.3 Å². The van der Waals surface area contributed by atoms with Gasteiger partial charge in [0.2, 0.25) is 11.6 Å². The first-order valence-electron chi connectivity index (χ1n) is 10.6. The van der Waals surface area contributed by atoms with Crippen LogP contribution < -0.4 is 10.1 Å². The second-order valence-corrected chi connectivity index (χ2v) is 8.19. The summed E-state index contributed by atoms with van der Waals surface area (Å²) in [4.78, 5) is 22.2. The van der Waals surface area contributed by atoms with E-state index < -0.39 is 79.0 Å². The molecule has 7 N–H and O–H groups in total. The first-order valence-corrected chi connectivity index (χ1v) is 10.6. The number of nitrogens with zero attached hydrogens (tertiary/aromatic N) is 1. The van der Waals surface area contributed by atoms with Gasteiger partial charge in [0.25, 0.3) is 12.0 Å². The minimum absolute atomic E-state index is 0.0241. The highest BCUT2D eigenvalue weighted by Crippen LogP contribution is 2.35. The molecular weight excluding hydrogens is 476 g/mol. The molecule has 0 aliphatic carbocycles. The number of hydrogen-bond donors (Lipinski definition) is 7. The van der Waals surface area contributed by atoms with Gasteiger partial charge < -0.3 is 54.9 Å². The Morgan fingerprint density at radius 1 is 1.14 bits per heavy atom. The standard InChI is InChI=1S/C20H28N2O13/c1-9(25)21-20(29)18(35-15-6-12(26)16(27)13(7-23)33-15)17(28)14(8-24)34-19(20)32-11-4-2-10(3-5-11)22(30)31/h2-5,12-19,23-24,26-29H,6-8H2,1H3,(H,21,25)/t12-,13-,14-,15?,16-,17-,18+,19-,20-/m1/s1. The van der Waals surface area contributed by atoms with Crippen molar-refractivity contribution in [2.75, 3.05) is 13.2 Å². The number of nitro groups is 1. The molecule has 2 fully saturated rings. The van der Waals surface area contributed by atoms with Gasteiger partial charge in [0.05, 0.1) is 24.2 Å². The lowest BCUT2D eigenvalue weighted by atomic mass is 9.92. The van der Waals surface area contributed by atoms with Crippen LogP contribution in [0.1, 0.15) is 13.3 Å². The molecule has 1 unspecified atom stereocenters. The smallest absolute Gasteiger partial charge is 0.269 e. The van der Waals surface area contributed by atoms with Crippen molar-refractivity contribution in [3.05, 3.63) is 34.4 Å². The molecule has 0 bridgehead atoms. The Bertz CT molecular complexity index is 886. The van der Waals surface area contributed by atoms with Crippen molar-refractivity contribution in [1.82, 2.24) is 5.32 Å². The van der Waals surface area contributed by atoms with E-state index in [9.17, 15) is 45.5 Å². The lowest BCUT2D eigenvalue weighted by molar-refractivity contribution is -0.385. The van der Waals surface area contributed by atoms with E-state index in [4.69, 9.17) is 18.9 Å². The highest BCUT2D eigenvalue weighted by atomic mass is 16.7. The molecule has 35 heavy (non-hydrogen) atoms. The van der Waals surface area contributed by atoms with Crippen LogP contribution in [0, 0.1) is 10.1 Å². The molecule has 3 rings (SSSR count). The Morgan fingerprint density at radius 2 is 1.74 bits per heavy atom. The predicted octanol–water partition coefficient (Wildman–Crippen LogP) is -2.91. The van der Waals surface area contributed by atoms with Crippen molar-refractivity contribution < 1.29 is 59.3 Å². The van der Waals surface area contributed by atoms with Crippen LogP contribution in [0.3, 0.4) is 0 Å². The Kier molecular flexibility index (Phi) is 8.58. The Hall–Kier alpha value is -2.47. The molecule has 2 aliphatic heterocycles. The Balaban J connectivity index is 1.91.